The van der Waals surface area contributed by atoms with Crippen molar-refractivity contribution in [3.63, 3.8) is 0 Å². The molecular formula is C16H25FN2O. The molecule has 4 heteroatoms. The zero-order chi connectivity index (χ0) is 15.5. The largest absolute Gasteiger partial charge is 0.347 e. The van der Waals surface area contributed by atoms with E-state index in [1.165, 1.54) is 12.1 Å². The van der Waals surface area contributed by atoms with E-state index in [1.807, 2.05) is 34.6 Å². The summed E-state index contributed by atoms with van der Waals surface area (Å²) in [4.78, 5) is 12.2. The van der Waals surface area contributed by atoms with Crippen LogP contribution in [0.1, 0.15) is 46.2 Å². The molecule has 0 spiro atoms. The van der Waals surface area contributed by atoms with E-state index in [4.69, 9.17) is 5.73 Å². The van der Waals surface area contributed by atoms with Gasteiger partial charge in [0.05, 0.1) is 12.1 Å². The first-order chi connectivity index (χ1) is 9.12. The molecule has 1 unspecified atom stereocenters. The van der Waals surface area contributed by atoms with Gasteiger partial charge in [-0.3, -0.25) is 4.79 Å². The average molecular weight is 280 g/mol. The smallest absolute Gasteiger partial charge is 0.237 e. The molecule has 2 atom stereocenters. The van der Waals surface area contributed by atoms with Crippen LogP contribution in [0.25, 0.3) is 0 Å². The third kappa shape index (κ3) is 4.30. The van der Waals surface area contributed by atoms with E-state index in [0.717, 1.165) is 5.56 Å². The second-order valence-electron chi connectivity index (χ2n) is 6.63. The Kier molecular flexibility index (Phi) is 5.28. The summed E-state index contributed by atoms with van der Waals surface area (Å²) >= 11 is 0. The molecule has 0 aliphatic heterocycles. The van der Waals surface area contributed by atoms with Gasteiger partial charge in [-0.05, 0) is 29.0 Å². The van der Waals surface area contributed by atoms with Crippen molar-refractivity contribution >= 4 is 5.91 Å². The van der Waals surface area contributed by atoms with E-state index in [9.17, 15) is 9.18 Å². The standard InChI is InChI=1S/C16H25FN2O/c1-10(2)13(18)15(20)19-14(16(3,4)5)11-6-8-12(17)9-7-11/h6-10,13-14H,18H2,1-5H3,(H,19,20)/t13-,14?/m0/s1. The molecule has 0 radical (unpaired) electrons. The zero-order valence-electron chi connectivity index (χ0n) is 12.9. The molecule has 0 saturated carbocycles. The summed E-state index contributed by atoms with van der Waals surface area (Å²) in [5.41, 5.74) is 6.57. The predicted molar refractivity (Wildman–Crippen MR) is 79.6 cm³/mol. The molecule has 3 N–H and O–H groups in total. The summed E-state index contributed by atoms with van der Waals surface area (Å²) < 4.78 is 13.0. The molecule has 0 saturated heterocycles. The van der Waals surface area contributed by atoms with Gasteiger partial charge in [-0.1, -0.05) is 46.8 Å². The molecule has 1 aromatic carbocycles. The predicted octanol–water partition coefficient (Wildman–Crippen LogP) is 3.01. The van der Waals surface area contributed by atoms with Crippen LogP contribution in [-0.4, -0.2) is 11.9 Å². The summed E-state index contributed by atoms with van der Waals surface area (Å²) in [6, 6.07) is 5.46. The van der Waals surface area contributed by atoms with Crippen LogP contribution in [0, 0.1) is 17.2 Å². The van der Waals surface area contributed by atoms with Gasteiger partial charge in [-0.25, -0.2) is 4.39 Å². The Bertz CT molecular complexity index is 449. The van der Waals surface area contributed by atoms with Crippen molar-refractivity contribution < 1.29 is 9.18 Å². The SMILES string of the molecule is CC(C)[C@H](N)C(=O)NC(c1ccc(F)cc1)C(C)(C)C. The van der Waals surface area contributed by atoms with Gasteiger partial charge >= 0.3 is 0 Å². The number of carbonyl (C=O) groups excluding carboxylic acids is 1. The fourth-order valence-electron chi connectivity index (χ4n) is 2.00. The third-order valence-corrected chi connectivity index (χ3v) is 3.38. The van der Waals surface area contributed by atoms with Gasteiger partial charge in [-0.15, -0.1) is 0 Å². The lowest BCUT2D eigenvalue weighted by atomic mass is 9.82. The van der Waals surface area contributed by atoms with E-state index in [1.54, 1.807) is 12.1 Å². The fraction of sp³-hybridized carbons (Fsp3) is 0.562. The minimum absolute atomic E-state index is 0.0730. The summed E-state index contributed by atoms with van der Waals surface area (Å²) in [5, 5.41) is 2.99. The summed E-state index contributed by atoms with van der Waals surface area (Å²) in [6.45, 7) is 9.91. The maximum absolute atomic E-state index is 13.0. The Morgan fingerprint density at radius 2 is 1.70 bits per heavy atom. The molecule has 1 rings (SSSR count). The normalized spacial score (nSPS) is 15.0. The average Bonchev–Trinajstić information content (AvgIpc) is 2.34. The highest BCUT2D eigenvalue weighted by atomic mass is 19.1. The Morgan fingerprint density at radius 3 is 2.10 bits per heavy atom. The van der Waals surface area contributed by atoms with E-state index in [2.05, 4.69) is 5.32 Å². The van der Waals surface area contributed by atoms with Gasteiger partial charge in [0.1, 0.15) is 5.82 Å². The van der Waals surface area contributed by atoms with E-state index < -0.39 is 6.04 Å². The number of amides is 1. The Labute approximate surface area is 120 Å². The first-order valence-corrected chi connectivity index (χ1v) is 6.94. The second kappa shape index (κ2) is 6.35. The van der Waals surface area contributed by atoms with Crippen LogP contribution in [0.3, 0.4) is 0 Å². The summed E-state index contributed by atoms with van der Waals surface area (Å²) in [5.74, 6) is -0.389. The van der Waals surface area contributed by atoms with Gasteiger partial charge in [0.15, 0.2) is 0 Å². The minimum Gasteiger partial charge on any atom is -0.347 e. The molecule has 0 bridgehead atoms. The van der Waals surface area contributed by atoms with Gasteiger partial charge in [0, 0.05) is 0 Å². The lowest BCUT2D eigenvalue weighted by molar-refractivity contribution is -0.124. The van der Waals surface area contributed by atoms with Crippen molar-refractivity contribution in [1.82, 2.24) is 5.32 Å². The van der Waals surface area contributed by atoms with Crippen LogP contribution in [0.4, 0.5) is 4.39 Å². The number of carbonyl (C=O) groups is 1. The number of nitrogens with one attached hydrogen (secondary N) is 1. The number of halogens is 1. The molecule has 0 aliphatic carbocycles. The van der Waals surface area contributed by atoms with Crippen LogP contribution < -0.4 is 11.1 Å². The zero-order valence-corrected chi connectivity index (χ0v) is 12.9. The first-order valence-electron chi connectivity index (χ1n) is 6.94. The van der Waals surface area contributed by atoms with Crippen LogP contribution in [0.15, 0.2) is 24.3 Å². The topological polar surface area (TPSA) is 55.1 Å². The number of rotatable bonds is 4. The molecule has 0 aromatic heterocycles. The van der Waals surface area contributed by atoms with Gasteiger partial charge in [0.25, 0.3) is 0 Å². The van der Waals surface area contributed by atoms with Crippen LogP contribution >= 0.6 is 0 Å². The van der Waals surface area contributed by atoms with Crippen molar-refractivity contribution in [2.24, 2.45) is 17.1 Å². The molecule has 1 amide bonds. The molecule has 20 heavy (non-hydrogen) atoms. The minimum atomic E-state index is -0.541. The number of nitrogens with two attached hydrogens (primary N) is 1. The van der Waals surface area contributed by atoms with E-state index in [0.29, 0.717) is 0 Å². The monoisotopic (exact) mass is 280 g/mol. The molecule has 112 valence electrons. The number of benzene rings is 1. The van der Waals surface area contributed by atoms with Crippen LogP contribution in [0.5, 0.6) is 0 Å². The first kappa shape index (κ1) is 16.6. The Hall–Kier alpha value is -1.42. The number of hydrogen-bond acceptors (Lipinski definition) is 2. The summed E-state index contributed by atoms with van der Waals surface area (Å²) in [7, 11) is 0. The van der Waals surface area contributed by atoms with Crippen molar-refractivity contribution in [1.29, 1.82) is 0 Å². The maximum Gasteiger partial charge on any atom is 0.237 e. The van der Waals surface area contributed by atoms with Crippen molar-refractivity contribution in [3.05, 3.63) is 35.6 Å². The summed E-state index contributed by atoms with van der Waals surface area (Å²) in [6.07, 6.45) is 0. The van der Waals surface area contributed by atoms with Crippen LogP contribution in [0.2, 0.25) is 0 Å². The maximum atomic E-state index is 13.0. The van der Waals surface area contributed by atoms with Crippen molar-refractivity contribution in [2.45, 2.75) is 46.7 Å². The molecule has 0 heterocycles. The van der Waals surface area contributed by atoms with Crippen molar-refractivity contribution in [3.8, 4) is 0 Å². The quantitative estimate of drug-likeness (QED) is 0.890. The Morgan fingerprint density at radius 1 is 1.20 bits per heavy atom. The van der Waals surface area contributed by atoms with Gasteiger partial charge in [0.2, 0.25) is 5.91 Å². The highest BCUT2D eigenvalue weighted by Crippen LogP contribution is 2.32. The fourth-order valence-corrected chi connectivity index (χ4v) is 2.00. The van der Waals surface area contributed by atoms with Gasteiger partial charge in [-0.2, -0.15) is 0 Å². The highest BCUT2D eigenvalue weighted by Gasteiger charge is 2.30. The lowest BCUT2D eigenvalue weighted by Gasteiger charge is -2.33. The lowest BCUT2D eigenvalue weighted by Crippen LogP contribution is -2.47. The Balaban J connectivity index is 2.97. The van der Waals surface area contributed by atoms with E-state index >= 15 is 0 Å². The van der Waals surface area contributed by atoms with Gasteiger partial charge < -0.3 is 11.1 Å². The molecule has 0 aliphatic rings. The van der Waals surface area contributed by atoms with Crippen LogP contribution in [-0.2, 0) is 4.79 Å². The number of hydrogen-bond donors (Lipinski definition) is 2. The van der Waals surface area contributed by atoms with Crippen molar-refractivity contribution in [2.75, 3.05) is 0 Å². The van der Waals surface area contributed by atoms with E-state index in [-0.39, 0.29) is 29.1 Å². The molecule has 1 aromatic rings. The molecule has 3 nitrogen and oxygen atoms in total. The second-order valence-corrected chi connectivity index (χ2v) is 6.63. The molecule has 0 fully saturated rings. The third-order valence-electron chi connectivity index (χ3n) is 3.38. The highest BCUT2D eigenvalue weighted by molar-refractivity contribution is 5.82. The molecular weight excluding hydrogens is 255 g/mol.